The lowest BCUT2D eigenvalue weighted by molar-refractivity contribution is -0.147. The number of rotatable bonds is 5. The molecule has 4 rings (SSSR count). The number of amides is 3. The minimum Gasteiger partial charge on any atom is -0.364 e. The Morgan fingerprint density at radius 3 is 2.44 bits per heavy atom. The zero-order chi connectivity index (χ0) is 26.4. The summed E-state index contributed by atoms with van der Waals surface area (Å²) in [6, 6.07) is 0.734. The van der Waals surface area contributed by atoms with E-state index in [2.05, 4.69) is 9.97 Å². The first kappa shape index (κ1) is 25.9. The van der Waals surface area contributed by atoms with Crippen LogP contribution in [0.5, 0.6) is 0 Å². The van der Waals surface area contributed by atoms with Gasteiger partial charge in [-0.2, -0.15) is 13.2 Å². The van der Waals surface area contributed by atoms with Crippen molar-refractivity contribution in [3.8, 4) is 0 Å². The van der Waals surface area contributed by atoms with Gasteiger partial charge in [0.2, 0.25) is 5.91 Å². The molecule has 194 valence electrons. The second kappa shape index (κ2) is 9.34. The van der Waals surface area contributed by atoms with Gasteiger partial charge in [0.25, 0.3) is 11.8 Å². The molecule has 2 aliphatic rings. The highest BCUT2D eigenvalue weighted by atomic mass is 35.5. The molecule has 1 aliphatic carbocycles. The molecule has 1 aliphatic heterocycles. The quantitative estimate of drug-likeness (QED) is 0.449. The van der Waals surface area contributed by atoms with Crippen LogP contribution in [0.15, 0.2) is 18.5 Å². The molecule has 0 atom stereocenters. The fourth-order valence-corrected chi connectivity index (χ4v) is 5.29. The van der Waals surface area contributed by atoms with E-state index in [-0.39, 0.29) is 48.8 Å². The molecule has 1 aromatic heterocycles. The topological polar surface area (TPSA) is 112 Å². The number of imidazole rings is 1. The van der Waals surface area contributed by atoms with Crippen LogP contribution in [0.4, 0.5) is 27.6 Å². The van der Waals surface area contributed by atoms with E-state index in [1.165, 1.54) is 4.90 Å². The number of halogens is 6. The summed E-state index contributed by atoms with van der Waals surface area (Å²) in [7, 11) is 0. The number of hydrogen-bond acceptors (Lipinski definition) is 4. The Kier molecular flexibility index (Phi) is 6.71. The van der Waals surface area contributed by atoms with Gasteiger partial charge in [-0.1, -0.05) is 11.6 Å². The van der Waals surface area contributed by atoms with Gasteiger partial charge in [-0.3, -0.25) is 14.4 Å². The summed E-state index contributed by atoms with van der Waals surface area (Å²) >= 11 is 6.03. The number of carbonyl (C=O) groups is 3. The van der Waals surface area contributed by atoms with Crippen molar-refractivity contribution in [1.29, 1.82) is 0 Å². The monoisotopic (exact) mass is 533 g/mol. The van der Waals surface area contributed by atoms with Crippen molar-refractivity contribution in [3.63, 3.8) is 0 Å². The Morgan fingerprint density at radius 2 is 1.83 bits per heavy atom. The van der Waals surface area contributed by atoms with Gasteiger partial charge in [0, 0.05) is 18.7 Å². The normalized spacial score (nSPS) is 22.3. The second-order valence-corrected chi connectivity index (χ2v) is 9.38. The molecule has 3 N–H and O–H groups in total. The average Bonchev–Trinajstić information content (AvgIpc) is 3.41. The Balaban J connectivity index is 1.54. The number of aromatic nitrogens is 2. The number of hydrogen-bond donors (Lipinski definition) is 2. The molecule has 1 saturated heterocycles. The maximum Gasteiger partial charge on any atom is 0.406 e. The fourth-order valence-electron chi connectivity index (χ4n) is 5.04. The molecule has 2 fully saturated rings. The number of nitrogens with zero attached hydrogens (tertiary/aromatic N) is 3. The highest BCUT2D eigenvalue weighted by Crippen LogP contribution is 2.48. The molecule has 3 amide bonds. The first-order chi connectivity index (χ1) is 16.8. The van der Waals surface area contributed by atoms with E-state index in [0.717, 1.165) is 18.5 Å². The standard InChI is InChI=1S/C22H21ClF5N5O3/c23-12-7-13(24)14(25)8-15(12)32-6-5-21(20(32)36)3-1-11(2-4-21)33(9-22(26,27)28)19(35)17-16(18(29)34)30-10-31-17/h7-8,10-11H,1-6,9H2,(H2,29,34)(H,30,31)/t11-,21-. The van der Waals surface area contributed by atoms with Crippen LogP contribution in [-0.2, 0) is 4.79 Å². The first-order valence-electron chi connectivity index (χ1n) is 11.0. The van der Waals surface area contributed by atoms with Gasteiger partial charge in [-0.25, -0.2) is 13.8 Å². The lowest BCUT2D eigenvalue weighted by Crippen LogP contribution is -2.49. The molecule has 2 heterocycles. The van der Waals surface area contributed by atoms with Gasteiger partial charge in [0.15, 0.2) is 17.3 Å². The van der Waals surface area contributed by atoms with Crippen LogP contribution in [0.3, 0.4) is 0 Å². The van der Waals surface area contributed by atoms with Crippen LogP contribution in [0.2, 0.25) is 5.02 Å². The number of aromatic amines is 1. The van der Waals surface area contributed by atoms with Gasteiger partial charge in [-0.05, 0) is 38.2 Å². The third-order valence-electron chi connectivity index (χ3n) is 6.85. The molecule has 1 aromatic carbocycles. The minimum absolute atomic E-state index is 0.0194. The van der Waals surface area contributed by atoms with Gasteiger partial charge in [0.05, 0.1) is 22.5 Å². The first-order valence-corrected chi connectivity index (χ1v) is 11.4. The number of alkyl halides is 3. The second-order valence-electron chi connectivity index (χ2n) is 8.97. The number of nitrogens with two attached hydrogens (primary N) is 1. The van der Waals surface area contributed by atoms with Crippen LogP contribution >= 0.6 is 11.6 Å². The van der Waals surface area contributed by atoms with Gasteiger partial charge in [-0.15, -0.1) is 0 Å². The third-order valence-corrected chi connectivity index (χ3v) is 7.15. The molecule has 8 nitrogen and oxygen atoms in total. The van der Waals surface area contributed by atoms with Crippen LogP contribution < -0.4 is 10.6 Å². The molecule has 36 heavy (non-hydrogen) atoms. The number of anilines is 1. The van der Waals surface area contributed by atoms with E-state index < -0.39 is 59.0 Å². The number of primary amides is 1. The van der Waals surface area contributed by atoms with Crippen molar-refractivity contribution in [2.75, 3.05) is 18.0 Å². The summed E-state index contributed by atoms with van der Waals surface area (Å²) in [5.41, 5.74) is 3.37. The zero-order valence-corrected chi connectivity index (χ0v) is 19.4. The zero-order valence-electron chi connectivity index (χ0n) is 18.7. The maximum absolute atomic E-state index is 13.8. The fraction of sp³-hybridized carbons (Fsp3) is 0.455. The highest BCUT2D eigenvalue weighted by Gasteiger charge is 2.51. The molecular weight excluding hydrogens is 513 g/mol. The van der Waals surface area contributed by atoms with Crippen molar-refractivity contribution in [3.05, 3.63) is 46.5 Å². The molecule has 1 saturated carbocycles. The number of nitrogens with one attached hydrogen (secondary N) is 1. The summed E-state index contributed by atoms with van der Waals surface area (Å²) in [5.74, 6) is -4.85. The summed E-state index contributed by atoms with van der Waals surface area (Å²) in [6.07, 6.45) is -2.92. The van der Waals surface area contributed by atoms with E-state index in [0.29, 0.717) is 11.3 Å². The molecule has 0 radical (unpaired) electrons. The van der Waals surface area contributed by atoms with Crippen molar-refractivity contribution in [1.82, 2.24) is 14.9 Å². The number of benzene rings is 1. The average molecular weight is 534 g/mol. The van der Waals surface area contributed by atoms with Gasteiger partial charge < -0.3 is 20.5 Å². The number of carbonyl (C=O) groups excluding carboxylic acids is 3. The predicted octanol–water partition coefficient (Wildman–Crippen LogP) is 3.81. The van der Waals surface area contributed by atoms with Crippen molar-refractivity contribution in [2.45, 2.75) is 44.3 Å². The number of H-pyrrole nitrogens is 1. The van der Waals surface area contributed by atoms with Crippen molar-refractivity contribution < 1.29 is 36.3 Å². The lowest BCUT2D eigenvalue weighted by Gasteiger charge is -2.40. The third kappa shape index (κ3) is 4.75. The van der Waals surface area contributed by atoms with Crippen LogP contribution in [0, 0.1) is 17.0 Å². The summed E-state index contributed by atoms with van der Waals surface area (Å²) in [5, 5.41) is -0.140. The van der Waals surface area contributed by atoms with Crippen molar-refractivity contribution in [2.24, 2.45) is 11.1 Å². The van der Waals surface area contributed by atoms with Crippen LogP contribution in [-0.4, -0.2) is 57.9 Å². The molecular formula is C22H21ClF5N5O3. The predicted molar refractivity (Wildman–Crippen MR) is 117 cm³/mol. The lowest BCUT2D eigenvalue weighted by atomic mass is 9.71. The molecule has 14 heteroatoms. The van der Waals surface area contributed by atoms with Gasteiger partial charge in [0.1, 0.15) is 12.2 Å². The van der Waals surface area contributed by atoms with Gasteiger partial charge >= 0.3 is 6.18 Å². The van der Waals surface area contributed by atoms with E-state index in [1.807, 2.05) is 0 Å². The summed E-state index contributed by atoms with van der Waals surface area (Å²) in [4.78, 5) is 45.8. The Bertz CT molecular complexity index is 1210. The van der Waals surface area contributed by atoms with Crippen LogP contribution in [0.1, 0.15) is 53.1 Å². The van der Waals surface area contributed by atoms with E-state index >= 15 is 0 Å². The molecule has 2 aromatic rings. The smallest absolute Gasteiger partial charge is 0.364 e. The maximum atomic E-state index is 13.8. The van der Waals surface area contributed by atoms with E-state index in [4.69, 9.17) is 17.3 Å². The summed E-state index contributed by atoms with van der Waals surface area (Å²) < 4.78 is 67.4. The Hall–Kier alpha value is -3.22. The highest BCUT2D eigenvalue weighted by molar-refractivity contribution is 6.34. The SMILES string of the molecule is NC(=O)c1[nH]cnc1C(=O)N(CC(F)(F)F)[C@H]1CC[C@@]2(CCN(c3cc(F)c(F)cc3Cl)C2=O)CC1. The Morgan fingerprint density at radius 1 is 1.19 bits per heavy atom. The van der Waals surface area contributed by atoms with Crippen molar-refractivity contribution >= 4 is 35.0 Å². The van der Waals surface area contributed by atoms with E-state index in [1.54, 1.807) is 0 Å². The molecule has 0 unspecified atom stereocenters. The minimum atomic E-state index is -4.72. The molecule has 0 bridgehead atoms. The summed E-state index contributed by atoms with van der Waals surface area (Å²) in [6.45, 7) is -1.40. The largest absolute Gasteiger partial charge is 0.406 e. The van der Waals surface area contributed by atoms with E-state index in [9.17, 15) is 36.3 Å². The van der Waals surface area contributed by atoms with Crippen LogP contribution in [0.25, 0.3) is 0 Å². The Labute approximate surface area is 206 Å². The molecule has 1 spiro atoms.